The molecule has 0 aromatic heterocycles. The molecule has 0 saturated carbocycles. The van der Waals surface area contributed by atoms with Crippen molar-refractivity contribution in [2.75, 3.05) is 0 Å². The van der Waals surface area contributed by atoms with E-state index in [1.807, 2.05) is 13.8 Å². The molecule has 18 heavy (non-hydrogen) atoms. The van der Waals surface area contributed by atoms with Crippen LogP contribution in [-0.4, -0.2) is 5.97 Å². The number of unbranched alkanes of at least 4 members (excludes halogenated alkanes) is 1. The number of rotatable bonds is 5. The molecule has 100 valence electrons. The largest absolute Gasteiger partial charge is 0.426 e. The van der Waals surface area contributed by atoms with E-state index in [1.54, 1.807) is 0 Å². The molecule has 0 heterocycles. The van der Waals surface area contributed by atoms with Crippen LogP contribution in [0, 0.1) is 11.2 Å². The maximum Gasteiger partial charge on any atom is 0.316 e. The van der Waals surface area contributed by atoms with Gasteiger partial charge in [0.25, 0.3) is 0 Å². The first kappa shape index (κ1) is 15.0. The molecule has 2 nitrogen and oxygen atoms in total. The first-order valence-electron chi connectivity index (χ1n) is 6.04. The topological polar surface area (TPSA) is 26.3 Å². The Balaban J connectivity index is 2.71. The van der Waals surface area contributed by atoms with Gasteiger partial charge in [0.1, 0.15) is 11.6 Å². The summed E-state index contributed by atoms with van der Waals surface area (Å²) in [6.07, 6.45) is 2.75. The third-order valence-electron chi connectivity index (χ3n) is 2.81. The summed E-state index contributed by atoms with van der Waals surface area (Å²) in [4.78, 5) is 12.0. The maximum atomic E-state index is 13.0. The molecule has 0 spiro atoms. The van der Waals surface area contributed by atoms with Gasteiger partial charge in [0.05, 0.1) is 10.4 Å². The zero-order valence-corrected chi connectivity index (χ0v) is 11.7. The molecule has 0 atom stereocenters. The van der Waals surface area contributed by atoms with E-state index in [1.165, 1.54) is 18.2 Å². The Morgan fingerprint density at radius 2 is 2.11 bits per heavy atom. The summed E-state index contributed by atoms with van der Waals surface area (Å²) in [7, 11) is 0. The van der Waals surface area contributed by atoms with E-state index in [2.05, 4.69) is 6.92 Å². The van der Waals surface area contributed by atoms with Gasteiger partial charge in [-0.1, -0.05) is 31.4 Å². The Hall–Kier alpha value is -1.09. The van der Waals surface area contributed by atoms with Crippen molar-refractivity contribution in [2.24, 2.45) is 5.41 Å². The lowest BCUT2D eigenvalue weighted by Gasteiger charge is -2.22. The van der Waals surface area contributed by atoms with Crippen LogP contribution in [0.5, 0.6) is 5.75 Å². The molecule has 0 unspecified atom stereocenters. The van der Waals surface area contributed by atoms with E-state index in [0.29, 0.717) is 0 Å². The molecule has 0 aliphatic carbocycles. The Morgan fingerprint density at radius 1 is 1.44 bits per heavy atom. The highest BCUT2D eigenvalue weighted by atomic mass is 35.5. The van der Waals surface area contributed by atoms with Crippen molar-refractivity contribution in [3.05, 3.63) is 29.0 Å². The SMILES string of the molecule is CCCCC(C)(C)C(=O)Oc1ccc(F)c(Cl)c1. The smallest absolute Gasteiger partial charge is 0.316 e. The summed E-state index contributed by atoms with van der Waals surface area (Å²) in [5.74, 6) is -0.573. The van der Waals surface area contributed by atoms with Gasteiger partial charge < -0.3 is 4.74 Å². The van der Waals surface area contributed by atoms with Gasteiger partial charge in [-0.15, -0.1) is 0 Å². The fourth-order valence-electron chi connectivity index (χ4n) is 1.51. The molecule has 4 heteroatoms. The van der Waals surface area contributed by atoms with E-state index >= 15 is 0 Å². The van der Waals surface area contributed by atoms with Gasteiger partial charge in [0, 0.05) is 6.07 Å². The monoisotopic (exact) mass is 272 g/mol. The average Bonchev–Trinajstić information content (AvgIpc) is 2.31. The van der Waals surface area contributed by atoms with Crippen LogP contribution in [0.3, 0.4) is 0 Å². The van der Waals surface area contributed by atoms with Crippen molar-refractivity contribution in [3.8, 4) is 5.75 Å². The van der Waals surface area contributed by atoms with Crippen molar-refractivity contribution >= 4 is 17.6 Å². The molecular formula is C14H18ClFO2. The minimum absolute atomic E-state index is 0.0494. The quantitative estimate of drug-likeness (QED) is 0.578. The van der Waals surface area contributed by atoms with Crippen LogP contribution in [-0.2, 0) is 4.79 Å². The van der Waals surface area contributed by atoms with Crippen molar-refractivity contribution in [2.45, 2.75) is 40.0 Å². The van der Waals surface area contributed by atoms with Gasteiger partial charge in [0.2, 0.25) is 0 Å². The zero-order valence-electron chi connectivity index (χ0n) is 10.9. The van der Waals surface area contributed by atoms with Gasteiger partial charge in [-0.3, -0.25) is 4.79 Å². The Morgan fingerprint density at radius 3 is 2.67 bits per heavy atom. The Kier molecular flexibility index (Phi) is 5.15. The highest BCUT2D eigenvalue weighted by Crippen LogP contribution is 2.28. The molecule has 0 aliphatic heterocycles. The molecule has 1 rings (SSSR count). The highest BCUT2D eigenvalue weighted by Gasteiger charge is 2.29. The zero-order chi connectivity index (χ0) is 13.8. The summed E-state index contributed by atoms with van der Waals surface area (Å²) in [5, 5.41) is -0.0494. The molecule has 0 radical (unpaired) electrons. The van der Waals surface area contributed by atoms with Gasteiger partial charge >= 0.3 is 5.97 Å². The average molecular weight is 273 g/mol. The fraction of sp³-hybridized carbons (Fsp3) is 0.500. The second-order valence-electron chi connectivity index (χ2n) is 4.95. The summed E-state index contributed by atoms with van der Waals surface area (Å²) >= 11 is 5.63. The summed E-state index contributed by atoms with van der Waals surface area (Å²) in [6.45, 7) is 5.76. The van der Waals surface area contributed by atoms with Crippen LogP contribution in [0.25, 0.3) is 0 Å². The van der Waals surface area contributed by atoms with Crippen molar-refractivity contribution in [1.29, 1.82) is 0 Å². The lowest BCUT2D eigenvalue weighted by molar-refractivity contribution is -0.144. The fourth-order valence-corrected chi connectivity index (χ4v) is 1.68. The third-order valence-corrected chi connectivity index (χ3v) is 3.10. The van der Waals surface area contributed by atoms with Crippen LogP contribution in [0.4, 0.5) is 4.39 Å². The first-order chi connectivity index (χ1) is 8.36. The molecule has 1 aromatic carbocycles. The van der Waals surface area contributed by atoms with E-state index in [-0.39, 0.29) is 16.7 Å². The van der Waals surface area contributed by atoms with Crippen LogP contribution < -0.4 is 4.74 Å². The lowest BCUT2D eigenvalue weighted by atomic mass is 9.87. The first-order valence-corrected chi connectivity index (χ1v) is 6.42. The van der Waals surface area contributed by atoms with Crippen molar-refractivity contribution in [3.63, 3.8) is 0 Å². The van der Waals surface area contributed by atoms with Crippen LogP contribution >= 0.6 is 11.6 Å². The summed E-state index contributed by atoms with van der Waals surface area (Å²) < 4.78 is 18.2. The molecule has 0 fully saturated rings. The van der Waals surface area contributed by atoms with E-state index in [4.69, 9.17) is 16.3 Å². The predicted octanol–water partition coefficient (Wildman–Crippen LogP) is 4.60. The number of benzene rings is 1. The standard InChI is InChI=1S/C14H18ClFO2/c1-4-5-8-14(2,3)13(17)18-10-6-7-12(16)11(15)9-10/h6-7,9H,4-5,8H2,1-3H3. The number of esters is 1. The molecule has 0 aliphatic rings. The second kappa shape index (κ2) is 6.19. The third kappa shape index (κ3) is 3.98. The summed E-state index contributed by atoms with van der Waals surface area (Å²) in [6, 6.07) is 3.89. The second-order valence-corrected chi connectivity index (χ2v) is 5.36. The molecule has 0 bridgehead atoms. The molecule has 0 amide bonds. The number of carbonyl (C=O) groups excluding carboxylic acids is 1. The van der Waals surface area contributed by atoms with Gasteiger partial charge in [-0.2, -0.15) is 0 Å². The Labute approximate surface area is 112 Å². The van der Waals surface area contributed by atoms with E-state index in [9.17, 15) is 9.18 Å². The van der Waals surface area contributed by atoms with Crippen LogP contribution in [0.15, 0.2) is 18.2 Å². The minimum atomic E-state index is -0.545. The van der Waals surface area contributed by atoms with Gasteiger partial charge in [-0.25, -0.2) is 4.39 Å². The number of hydrogen-bond acceptors (Lipinski definition) is 2. The molecule has 1 aromatic rings. The van der Waals surface area contributed by atoms with Crippen molar-refractivity contribution < 1.29 is 13.9 Å². The van der Waals surface area contributed by atoms with Crippen LogP contribution in [0.1, 0.15) is 40.0 Å². The van der Waals surface area contributed by atoms with Gasteiger partial charge in [-0.05, 0) is 32.4 Å². The van der Waals surface area contributed by atoms with Gasteiger partial charge in [0.15, 0.2) is 0 Å². The minimum Gasteiger partial charge on any atom is -0.426 e. The highest BCUT2D eigenvalue weighted by molar-refractivity contribution is 6.30. The normalized spacial score (nSPS) is 11.4. The van der Waals surface area contributed by atoms with Crippen LogP contribution in [0.2, 0.25) is 5.02 Å². The van der Waals surface area contributed by atoms with E-state index in [0.717, 1.165) is 19.3 Å². The van der Waals surface area contributed by atoms with Crippen molar-refractivity contribution in [1.82, 2.24) is 0 Å². The number of hydrogen-bond donors (Lipinski definition) is 0. The number of carbonyl (C=O) groups is 1. The molecular weight excluding hydrogens is 255 g/mol. The molecule has 0 saturated heterocycles. The predicted molar refractivity (Wildman–Crippen MR) is 70.4 cm³/mol. The maximum absolute atomic E-state index is 13.0. The number of halogens is 2. The number of ether oxygens (including phenoxy) is 1. The molecule has 0 N–H and O–H groups in total. The van der Waals surface area contributed by atoms with E-state index < -0.39 is 11.2 Å². The summed E-state index contributed by atoms with van der Waals surface area (Å²) in [5.41, 5.74) is -0.545. The Bertz CT molecular complexity index is 430. The lowest BCUT2D eigenvalue weighted by Crippen LogP contribution is -2.29.